The quantitative estimate of drug-likeness (QED) is 0.253. The maximum Gasteiger partial charge on any atom is 0.330 e. The number of carbonyl (C=O) groups is 1. The Morgan fingerprint density at radius 1 is 2.29 bits per heavy atom. The molecule has 0 fully saturated rings. The minimum Gasteiger partial charge on any atom is -0.411 e. The van der Waals surface area contributed by atoms with Crippen molar-refractivity contribution in [3.05, 3.63) is 0 Å². The number of hydrogen-bond acceptors (Lipinski definition) is 3. The van der Waals surface area contributed by atoms with Crippen molar-refractivity contribution in [3.63, 3.8) is 0 Å². The number of Topliss-reactive ketones (excluding diaryl/α,β-unsaturated/α-hetero) is 1. The molecule has 0 rings (SSSR count). The molecule has 0 aliphatic rings. The van der Waals surface area contributed by atoms with Crippen LogP contribution in [0, 0.1) is 0 Å². The molecule has 3 nitrogen and oxygen atoms in total. The lowest BCUT2D eigenvalue weighted by Gasteiger charge is -1.74. The van der Waals surface area contributed by atoms with Gasteiger partial charge in [0.15, 0.2) is 5.78 Å². The molecule has 0 aromatic carbocycles. The van der Waals surface area contributed by atoms with E-state index in [1.54, 1.807) is 0 Å². The third-order valence-corrected chi connectivity index (χ3v) is 0.592. The number of halogens is 1. The average molecular weight is 123 g/mol. The summed E-state index contributed by atoms with van der Waals surface area (Å²) in [4.78, 5) is 10.1. The summed E-state index contributed by atoms with van der Waals surface area (Å²) in [6.07, 6.45) is 0.847. The van der Waals surface area contributed by atoms with Crippen molar-refractivity contribution < 1.29 is 11.4 Å². The van der Waals surface area contributed by atoms with E-state index >= 15 is 0 Å². The van der Waals surface area contributed by atoms with Crippen LogP contribution in [-0.4, -0.2) is 23.1 Å². The summed E-state index contributed by atoms with van der Waals surface area (Å²) in [5, 5.41) is 6.30. The first-order valence-corrected chi connectivity index (χ1v) is 2.09. The Labute approximate surface area is 47.1 Å². The summed E-state index contributed by atoms with van der Waals surface area (Å²) < 4.78 is 5.98. The fraction of sp³-hybridized carbons (Fsp3) is 0.333. The minimum atomic E-state index is -0.376. The predicted molar refractivity (Wildman–Crippen MR) is 26.0 cm³/mol. The summed E-state index contributed by atoms with van der Waals surface area (Å²) in [5.74, 6) is -0.508. The Bertz CT molecular complexity index is 105. The molecule has 0 amide bonds. The van der Waals surface area contributed by atoms with Crippen LogP contribution in [0.15, 0.2) is 5.16 Å². The standard InChI is InChI=1S/C3H4ClNO2/c4-1-3(6)2-5-7/h2,7H,1H2/i/hD. The smallest absolute Gasteiger partial charge is 0.330 e. The lowest BCUT2D eigenvalue weighted by Crippen LogP contribution is -1.98. The highest BCUT2D eigenvalue weighted by atomic mass is 35.5. The Morgan fingerprint density at radius 3 is 3.43 bits per heavy atom. The first-order chi connectivity index (χ1) is 3.81. The number of ketones is 1. The second-order valence-corrected chi connectivity index (χ2v) is 1.10. The van der Waals surface area contributed by atoms with Crippen LogP contribution < -0.4 is 0 Å². The van der Waals surface area contributed by atoms with Crippen LogP contribution in [-0.2, 0) is 4.79 Å². The highest BCUT2D eigenvalue weighted by molar-refractivity contribution is 6.41. The second kappa shape index (κ2) is 3.61. The fourth-order valence-electron chi connectivity index (χ4n) is 0.0933. The van der Waals surface area contributed by atoms with E-state index in [1.165, 1.54) is 0 Å². The molecule has 4 heteroatoms. The van der Waals surface area contributed by atoms with E-state index < -0.39 is 0 Å². The molecule has 0 aliphatic carbocycles. The van der Waals surface area contributed by atoms with Gasteiger partial charge in [-0.25, -0.2) is 0 Å². The SMILES string of the molecule is [2H]ON=CC(=O)CCl. The molecule has 7 heavy (non-hydrogen) atoms. The third kappa shape index (κ3) is 3.26. The summed E-state index contributed by atoms with van der Waals surface area (Å²) in [5.41, 5.74) is 0. The van der Waals surface area contributed by atoms with Crippen LogP contribution in [0.2, 0.25) is 1.43 Å². The number of rotatable bonds is 3. The fourth-order valence-corrected chi connectivity index (χ4v) is 0.162. The minimum absolute atomic E-state index is 0.132. The zero-order valence-electron chi connectivity index (χ0n) is 4.43. The highest BCUT2D eigenvalue weighted by Crippen LogP contribution is 1.72. The van der Waals surface area contributed by atoms with Crippen molar-refractivity contribution in [3.8, 4) is 0 Å². The van der Waals surface area contributed by atoms with Crippen LogP contribution in [0.3, 0.4) is 0 Å². The highest BCUT2D eigenvalue weighted by Gasteiger charge is 1.89. The number of nitrogens with zero attached hydrogens (tertiary/aromatic N) is 1. The Kier molecular flexibility index (Phi) is 2.37. The van der Waals surface area contributed by atoms with Gasteiger partial charge in [0, 0.05) is 0 Å². The van der Waals surface area contributed by atoms with Gasteiger partial charge >= 0.3 is 1.43 Å². The molecule has 1 N–H and O–H groups in total. The van der Waals surface area contributed by atoms with Gasteiger partial charge in [-0.15, -0.1) is 11.6 Å². The van der Waals surface area contributed by atoms with Gasteiger partial charge in [0.1, 0.15) is 6.21 Å². The Hall–Kier alpha value is -0.570. The zero-order chi connectivity index (χ0) is 6.41. The van der Waals surface area contributed by atoms with Crippen molar-refractivity contribution in [1.29, 1.82) is 0 Å². The van der Waals surface area contributed by atoms with Gasteiger partial charge in [0.25, 0.3) is 0 Å². The van der Waals surface area contributed by atoms with E-state index in [0.29, 0.717) is 0 Å². The monoisotopic (exact) mass is 122 g/mol. The maximum atomic E-state index is 10.1. The van der Waals surface area contributed by atoms with Crippen LogP contribution in [0.1, 0.15) is 0 Å². The van der Waals surface area contributed by atoms with Crippen LogP contribution >= 0.6 is 11.6 Å². The molecule has 0 saturated heterocycles. The lowest BCUT2D eigenvalue weighted by molar-refractivity contribution is -0.110. The van der Waals surface area contributed by atoms with E-state index in [9.17, 15) is 4.79 Å². The molecule has 0 unspecified atom stereocenters. The van der Waals surface area contributed by atoms with Gasteiger partial charge in [-0.1, -0.05) is 5.16 Å². The van der Waals surface area contributed by atoms with E-state index in [1.807, 2.05) is 0 Å². The van der Waals surface area contributed by atoms with Crippen LogP contribution in [0.4, 0.5) is 0 Å². The van der Waals surface area contributed by atoms with E-state index in [0.717, 1.165) is 6.21 Å². The molecule has 0 aromatic rings. The number of hydrogen-bond donors (Lipinski definition) is 1. The van der Waals surface area contributed by atoms with Gasteiger partial charge in [-0.2, -0.15) is 0 Å². The van der Waals surface area contributed by atoms with Crippen molar-refractivity contribution in [2.75, 3.05) is 5.88 Å². The van der Waals surface area contributed by atoms with Crippen molar-refractivity contribution in [1.82, 2.24) is 0 Å². The first kappa shape index (κ1) is 4.59. The summed E-state index contributed by atoms with van der Waals surface area (Å²) >= 11 is 5.03. The number of oxime groups is 1. The van der Waals surface area contributed by atoms with Gasteiger partial charge in [0.2, 0.25) is 0 Å². The normalized spacial score (nSPS) is 11.3. The topological polar surface area (TPSA) is 49.7 Å². The van der Waals surface area contributed by atoms with Crippen molar-refractivity contribution in [2.45, 2.75) is 0 Å². The molecule has 0 aromatic heterocycles. The molecule has 40 valence electrons. The van der Waals surface area contributed by atoms with Gasteiger partial charge in [-0.3, -0.25) is 4.79 Å². The van der Waals surface area contributed by atoms with Crippen LogP contribution in [0.5, 0.6) is 0 Å². The average Bonchev–Trinajstić information content (AvgIpc) is 1.83. The number of alkyl halides is 1. The zero-order valence-corrected chi connectivity index (χ0v) is 4.18. The summed E-state index contributed by atoms with van der Waals surface area (Å²) in [6.45, 7) is 0. The number of carbonyl (C=O) groups excluding carboxylic acids is 1. The van der Waals surface area contributed by atoms with Crippen LogP contribution in [0.25, 0.3) is 0 Å². The summed E-state index contributed by atoms with van der Waals surface area (Å²) in [6, 6.07) is 0. The molecule has 0 bridgehead atoms. The van der Waals surface area contributed by atoms with Gasteiger partial charge in [0.05, 0.1) is 5.88 Å². The molecule has 0 radical (unpaired) electrons. The molecular weight excluding hydrogens is 117 g/mol. The van der Waals surface area contributed by atoms with Gasteiger partial charge < -0.3 is 5.21 Å². The molecular formula is C3H4ClNO2. The van der Waals surface area contributed by atoms with E-state index in [4.69, 9.17) is 13.0 Å². The molecule has 0 saturated carbocycles. The van der Waals surface area contributed by atoms with E-state index in [2.05, 4.69) is 10.4 Å². The predicted octanol–water partition coefficient (Wildman–Crippen LogP) is 0.254. The van der Waals surface area contributed by atoms with Gasteiger partial charge in [-0.05, 0) is 0 Å². The third-order valence-electron chi connectivity index (χ3n) is 0.328. The molecule has 0 aliphatic heterocycles. The molecule has 0 atom stereocenters. The maximum absolute atomic E-state index is 10.1. The van der Waals surface area contributed by atoms with Crippen molar-refractivity contribution >= 4 is 23.6 Å². The lowest BCUT2D eigenvalue weighted by atomic mass is 10.5. The Morgan fingerprint density at radius 2 is 3.00 bits per heavy atom. The largest absolute Gasteiger partial charge is 0.411 e. The molecule has 0 heterocycles. The second-order valence-electron chi connectivity index (χ2n) is 0.834. The summed E-state index contributed by atoms with van der Waals surface area (Å²) in [7, 11) is 0. The van der Waals surface area contributed by atoms with E-state index in [-0.39, 0.29) is 11.7 Å². The molecule has 0 spiro atoms. The van der Waals surface area contributed by atoms with Crippen molar-refractivity contribution in [2.24, 2.45) is 5.16 Å². The Balaban J connectivity index is 3.37. The first-order valence-electron chi connectivity index (χ1n) is 1.96.